The number of fused-ring (bicyclic) bond motifs is 3. The van der Waals surface area contributed by atoms with Crippen LogP contribution in [0.5, 0.6) is 0 Å². The minimum atomic E-state index is -1.10. The second-order valence-electron chi connectivity index (χ2n) is 8.91. The first-order valence-electron chi connectivity index (χ1n) is 10.7. The van der Waals surface area contributed by atoms with Crippen molar-refractivity contribution in [1.82, 2.24) is 9.88 Å². The van der Waals surface area contributed by atoms with Crippen LogP contribution < -0.4 is 10.2 Å². The van der Waals surface area contributed by atoms with E-state index in [0.29, 0.717) is 35.4 Å². The van der Waals surface area contributed by atoms with Gasteiger partial charge in [0.2, 0.25) is 5.91 Å². The molecule has 2 heterocycles. The Morgan fingerprint density at radius 1 is 1.19 bits per heavy atom. The minimum absolute atomic E-state index is 0.163. The van der Waals surface area contributed by atoms with Gasteiger partial charge in [0.05, 0.1) is 6.54 Å². The molecule has 0 fully saturated rings. The van der Waals surface area contributed by atoms with Crippen molar-refractivity contribution in [2.45, 2.75) is 46.2 Å². The molecule has 1 aliphatic rings. The summed E-state index contributed by atoms with van der Waals surface area (Å²) >= 11 is 6.39. The summed E-state index contributed by atoms with van der Waals surface area (Å²) in [6.45, 7) is 8.90. The van der Waals surface area contributed by atoms with E-state index in [1.807, 2.05) is 60.9 Å². The lowest BCUT2D eigenvalue weighted by Gasteiger charge is -2.44. The number of nitrogens with one attached hydrogen (secondary N) is 1. The number of amides is 2. The molecule has 4 rings (SSSR count). The van der Waals surface area contributed by atoms with E-state index in [-0.39, 0.29) is 11.8 Å². The standard InChI is InChI=1S/C25H28ClN3O2/c1-16(2)12-13-27-24(31)25(4)15-28-21-10-6-5-8-18(21)14-22(28)23(30)29(25)20-11-7-9-19(26)17(20)3/h5-11,14,16H,12-13,15H2,1-4H3,(H,27,31). The zero-order chi connectivity index (χ0) is 22.3. The monoisotopic (exact) mass is 437 g/mol. The smallest absolute Gasteiger partial charge is 0.275 e. The third-order valence-electron chi connectivity index (χ3n) is 6.17. The number of carbonyl (C=O) groups is 2. The summed E-state index contributed by atoms with van der Waals surface area (Å²) in [5.41, 5.74) is 1.87. The highest BCUT2D eigenvalue weighted by Gasteiger charge is 2.49. The van der Waals surface area contributed by atoms with Crippen molar-refractivity contribution in [2.24, 2.45) is 5.92 Å². The largest absolute Gasteiger partial charge is 0.354 e. The molecule has 2 amide bonds. The Hall–Kier alpha value is -2.79. The summed E-state index contributed by atoms with van der Waals surface area (Å²) in [6, 6.07) is 15.3. The van der Waals surface area contributed by atoms with Crippen molar-refractivity contribution < 1.29 is 9.59 Å². The van der Waals surface area contributed by atoms with Gasteiger partial charge in [0.15, 0.2) is 0 Å². The summed E-state index contributed by atoms with van der Waals surface area (Å²) in [7, 11) is 0. The van der Waals surface area contributed by atoms with E-state index in [0.717, 1.165) is 22.9 Å². The van der Waals surface area contributed by atoms with Gasteiger partial charge in [-0.2, -0.15) is 0 Å². The molecular weight excluding hydrogens is 410 g/mol. The van der Waals surface area contributed by atoms with Gasteiger partial charge in [0.1, 0.15) is 11.2 Å². The molecule has 0 saturated heterocycles. The Balaban J connectivity index is 1.85. The molecule has 3 aromatic rings. The number of carbonyl (C=O) groups excluding carboxylic acids is 2. The van der Waals surface area contributed by atoms with Crippen molar-refractivity contribution in [2.75, 3.05) is 11.4 Å². The normalized spacial score (nSPS) is 18.5. The lowest BCUT2D eigenvalue weighted by atomic mass is 9.92. The maximum atomic E-state index is 13.8. The molecule has 1 atom stereocenters. The predicted molar refractivity (Wildman–Crippen MR) is 126 cm³/mol. The van der Waals surface area contributed by atoms with Gasteiger partial charge < -0.3 is 9.88 Å². The minimum Gasteiger partial charge on any atom is -0.354 e. The first-order chi connectivity index (χ1) is 14.7. The van der Waals surface area contributed by atoms with Gasteiger partial charge in [-0.1, -0.05) is 49.7 Å². The molecule has 31 heavy (non-hydrogen) atoms. The molecule has 1 aromatic heterocycles. The second kappa shape index (κ2) is 8.04. The molecule has 1 aliphatic heterocycles. The van der Waals surface area contributed by atoms with Crippen molar-refractivity contribution in [3.8, 4) is 0 Å². The van der Waals surface area contributed by atoms with Gasteiger partial charge in [-0.15, -0.1) is 0 Å². The van der Waals surface area contributed by atoms with Crippen LogP contribution in [0.4, 0.5) is 5.69 Å². The van der Waals surface area contributed by atoms with E-state index >= 15 is 0 Å². The number of anilines is 1. The Kier molecular flexibility index (Phi) is 5.56. The van der Waals surface area contributed by atoms with Gasteiger partial charge in [-0.25, -0.2) is 0 Å². The summed E-state index contributed by atoms with van der Waals surface area (Å²) < 4.78 is 1.97. The van der Waals surface area contributed by atoms with Gasteiger partial charge in [-0.05, 0) is 56.0 Å². The van der Waals surface area contributed by atoms with Gasteiger partial charge in [0, 0.05) is 28.2 Å². The quantitative estimate of drug-likeness (QED) is 0.597. The maximum absolute atomic E-state index is 13.8. The highest BCUT2D eigenvalue weighted by molar-refractivity contribution is 6.32. The summed E-state index contributed by atoms with van der Waals surface area (Å²) in [4.78, 5) is 29.0. The molecule has 162 valence electrons. The number of hydrogen-bond donors (Lipinski definition) is 1. The Bertz CT molecular complexity index is 1170. The molecule has 5 nitrogen and oxygen atoms in total. The van der Waals surface area contributed by atoms with Crippen molar-refractivity contribution >= 4 is 40.0 Å². The molecule has 2 aromatic carbocycles. The maximum Gasteiger partial charge on any atom is 0.275 e. The van der Waals surface area contributed by atoms with Crippen LogP contribution in [0.3, 0.4) is 0 Å². The molecule has 0 radical (unpaired) electrons. The average Bonchev–Trinajstić information content (AvgIpc) is 3.09. The van der Waals surface area contributed by atoms with Crippen molar-refractivity contribution in [3.63, 3.8) is 0 Å². The highest BCUT2D eigenvalue weighted by atomic mass is 35.5. The Morgan fingerprint density at radius 3 is 2.68 bits per heavy atom. The van der Waals surface area contributed by atoms with E-state index in [1.54, 1.807) is 11.0 Å². The lowest BCUT2D eigenvalue weighted by molar-refractivity contribution is -0.126. The molecule has 6 heteroatoms. The molecule has 0 spiro atoms. The van der Waals surface area contributed by atoms with Gasteiger partial charge >= 0.3 is 0 Å². The van der Waals surface area contributed by atoms with E-state index in [9.17, 15) is 9.59 Å². The summed E-state index contributed by atoms with van der Waals surface area (Å²) in [6.07, 6.45) is 0.879. The Labute approximate surface area is 188 Å². The SMILES string of the molecule is Cc1c(Cl)cccc1N1C(=O)c2cc3ccccc3n2CC1(C)C(=O)NCCC(C)C. The van der Waals surface area contributed by atoms with Crippen LogP contribution in [0.2, 0.25) is 5.02 Å². The number of nitrogens with zero attached hydrogens (tertiary/aromatic N) is 2. The molecule has 0 aliphatic carbocycles. The number of aromatic nitrogens is 1. The van der Waals surface area contributed by atoms with E-state index in [1.165, 1.54) is 0 Å². The summed E-state index contributed by atoms with van der Waals surface area (Å²) in [5, 5.41) is 4.62. The summed E-state index contributed by atoms with van der Waals surface area (Å²) in [5.74, 6) is 0.117. The number of para-hydroxylation sites is 1. The average molecular weight is 438 g/mol. The Morgan fingerprint density at radius 2 is 1.94 bits per heavy atom. The third kappa shape index (κ3) is 3.61. The van der Waals surface area contributed by atoms with Crippen LogP contribution in [0.15, 0.2) is 48.5 Å². The van der Waals surface area contributed by atoms with Crippen LogP contribution in [0, 0.1) is 12.8 Å². The number of halogens is 1. The van der Waals surface area contributed by atoms with Crippen LogP contribution in [0.25, 0.3) is 10.9 Å². The van der Waals surface area contributed by atoms with Gasteiger partial charge in [0.25, 0.3) is 5.91 Å². The van der Waals surface area contributed by atoms with Crippen LogP contribution in [-0.4, -0.2) is 28.5 Å². The van der Waals surface area contributed by atoms with Crippen LogP contribution in [0.1, 0.15) is 43.2 Å². The first-order valence-corrected chi connectivity index (χ1v) is 11.1. The zero-order valence-corrected chi connectivity index (χ0v) is 19.2. The fourth-order valence-corrected chi connectivity index (χ4v) is 4.50. The van der Waals surface area contributed by atoms with Crippen LogP contribution >= 0.6 is 11.6 Å². The third-order valence-corrected chi connectivity index (χ3v) is 6.58. The lowest BCUT2D eigenvalue weighted by Crippen LogP contribution is -2.64. The molecule has 0 saturated carbocycles. The van der Waals surface area contributed by atoms with E-state index in [4.69, 9.17) is 11.6 Å². The fourth-order valence-electron chi connectivity index (χ4n) is 4.33. The molecule has 0 bridgehead atoms. The molecule has 1 unspecified atom stereocenters. The zero-order valence-electron chi connectivity index (χ0n) is 18.4. The van der Waals surface area contributed by atoms with Crippen molar-refractivity contribution in [1.29, 1.82) is 0 Å². The second-order valence-corrected chi connectivity index (χ2v) is 9.32. The van der Waals surface area contributed by atoms with Crippen molar-refractivity contribution in [3.05, 3.63) is 64.8 Å². The number of hydrogen-bond acceptors (Lipinski definition) is 2. The van der Waals surface area contributed by atoms with E-state index in [2.05, 4.69) is 19.2 Å². The van der Waals surface area contributed by atoms with Gasteiger partial charge in [-0.3, -0.25) is 14.5 Å². The number of benzene rings is 2. The molecule has 1 N–H and O–H groups in total. The first kappa shape index (κ1) is 21.4. The number of rotatable bonds is 5. The molecular formula is C25H28ClN3O2. The fraction of sp³-hybridized carbons (Fsp3) is 0.360. The topological polar surface area (TPSA) is 54.3 Å². The van der Waals surface area contributed by atoms with E-state index < -0.39 is 5.54 Å². The highest BCUT2D eigenvalue weighted by Crippen LogP contribution is 2.38. The predicted octanol–water partition coefficient (Wildman–Crippen LogP) is 5.18. The van der Waals surface area contributed by atoms with Crippen LogP contribution in [-0.2, 0) is 11.3 Å².